The van der Waals surface area contributed by atoms with Gasteiger partial charge in [-0.2, -0.15) is 11.8 Å². The van der Waals surface area contributed by atoms with Gasteiger partial charge in [0.2, 0.25) is 0 Å². The third kappa shape index (κ3) is 5.08. The van der Waals surface area contributed by atoms with E-state index in [0.717, 1.165) is 30.4 Å². The van der Waals surface area contributed by atoms with Crippen LogP contribution in [0.5, 0.6) is 0 Å². The molecule has 2 amide bonds. The number of thioether (sulfide) groups is 1. The standard InChI is InChI=1S/C13H17FN2O3S/c1-8(5-6-20-2)15-13(19)16-11-7-9(14)3-4-10(11)12(17)18/h3-4,7-8H,5-6H2,1-2H3,(H,17,18)(H2,15,16,19). The number of nitrogens with one attached hydrogen (secondary N) is 2. The number of anilines is 1. The van der Waals surface area contributed by atoms with E-state index in [-0.39, 0.29) is 17.3 Å². The van der Waals surface area contributed by atoms with Gasteiger partial charge in [0.1, 0.15) is 5.82 Å². The second-order valence-corrected chi connectivity index (χ2v) is 5.26. The monoisotopic (exact) mass is 300 g/mol. The van der Waals surface area contributed by atoms with Crippen LogP contribution in [-0.4, -0.2) is 35.2 Å². The smallest absolute Gasteiger partial charge is 0.337 e. The third-order valence-electron chi connectivity index (χ3n) is 2.59. The number of benzene rings is 1. The zero-order chi connectivity index (χ0) is 15.1. The Morgan fingerprint density at radius 2 is 2.15 bits per heavy atom. The van der Waals surface area contributed by atoms with Gasteiger partial charge >= 0.3 is 12.0 Å². The van der Waals surface area contributed by atoms with Crippen molar-refractivity contribution in [1.29, 1.82) is 0 Å². The Morgan fingerprint density at radius 3 is 2.75 bits per heavy atom. The van der Waals surface area contributed by atoms with Gasteiger partial charge in [-0.1, -0.05) is 0 Å². The largest absolute Gasteiger partial charge is 0.478 e. The number of carbonyl (C=O) groups is 2. The van der Waals surface area contributed by atoms with Gasteiger partial charge in [0.25, 0.3) is 0 Å². The summed E-state index contributed by atoms with van der Waals surface area (Å²) >= 11 is 1.67. The first kappa shape index (κ1) is 16.3. The molecule has 20 heavy (non-hydrogen) atoms. The zero-order valence-electron chi connectivity index (χ0n) is 11.3. The number of hydrogen-bond acceptors (Lipinski definition) is 3. The van der Waals surface area contributed by atoms with Crippen molar-refractivity contribution < 1.29 is 19.1 Å². The summed E-state index contributed by atoms with van der Waals surface area (Å²) in [4.78, 5) is 22.7. The number of rotatable bonds is 6. The van der Waals surface area contributed by atoms with Gasteiger partial charge < -0.3 is 15.7 Å². The molecule has 1 aromatic carbocycles. The van der Waals surface area contributed by atoms with Gasteiger partial charge in [-0.3, -0.25) is 0 Å². The number of carboxylic acid groups (broad SMARTS) is 1. The van der Waals surface area contributed by atoms with Crippen molar-refractivity contribution in [2.45, 2.75) is 19.4 Å². The van der Waals surface area contributed by atoms with Gasteiger partial charge in [0.15, 0.2) is 0 Å². The highest BCUT2D eigenvalue weighted by atomic mass is 32.2. The van der Waals surface area contributed by atoms with Gasteiger partial charge in [-0.05, 0) is 43.6 Å². The summed E-state index contributed by atoms with van der Waals surface area (Å²) in [6.45, 7) is 1.85. The summed E-state index contributed by atoms with van der Waals surface area (Å²) in [6.07, 6.45) is 2.77. The normalized spacial score (nSPS) is 11.8. The minimum Gasteiger partial charge on any atom is -0.478 e. The summed E-state index contributed by atoms with van der Waals surface area (Å²) in [5.41, 5.74) is -0.217. The van der Waals surface area contributed by atoms with E-state index in [1.54, 1.807) is 11.8 Å². The maximum absolute atomic E-state index is 13.1. The zero-order valence-corrected chi connectivity index (χ0v) is 12.1. The minimum atomic E-state index is -1.23. The Bertz CT molecular complexity index is 497. The molecule has 1 atom stereocenters. The van der Waals surface area contributed by atoms with Crippen LogP contribution in [-0.2, 0) is 0 Å². The minimum absolute atomic E-state index is 0.0516. The van der Waals surface area contributed by atoms with E-state index in [9.17, 15) is 14.0 Å². The van der Waals surface area contributed by atoms with Crippen molar-refractivity contribution in [1.82, 2.24) is 5.32 Å². The molecule has 3 N–H and O–H groups in total. The van der Waals surface area contributed by atoms with Crippen LogP contribution in [0.25, 0.3) is 0 Å². The van der Waals surface area contributed by atoms with E-state index in [2.05, 4.69) is 10.6 Å². The average Bonchev–Trinajstić information content (AvgIpc) is 2.35. The second kappa shape index (κ2) is 7.74. The highest BCUT2D eigenvalue weighted by Crippen LogP contribution is 2.17. The van der Waals surface area contributed by atoms with Crippen LogP contribution >= 0.6 is 11.8 Å². The molecule has 0 aliphatic rings. The molecule has 1 aromatic rings. The number of carbonyl (C=O) groups excluding carboxylic acids is 1. The van der Waals surface area contributed by atoms with Crippen LogP contribution < -0.4 is 10.6 Å². The molecule has 0 heterocycles. The third-order valence-corrected chi connectivity index (χ3v) is 3.24. The molecule has 0 spiro atoms. The number of hydrogen-bond donors (Lipinski definition) is 3. The van der Waals surface area contributed by atoms with E-state index < -0.39 is 17.8 Å². The van der Waals surface area contributed by atoms with Crippen molar-refractivity contribution in [2.75, 3.05) is 17.3 Å². The molecule has 1 rings (SSSR count). The molecular weight excluding hydrogens is 283 g/mol. The molecule has 110 valence electrons. The van der Waals surface area contributed by atoms with E-state index in [0.29, 0.717) is 0 Å². The SMILES string of the molecule is CSCCC(C)NC(=O)Nc1cc(F)ccc1C(=O)O. The number of urea groups is 1. The molecule has 0 aromatic heterocycles. The van der Waals surface area contributed by atoms with Crippen molar-refractivity contribution in [3.8, 4) is 0 Å². The van der Waals surface area contributed by atoms with Gasteiger partial charge in [0, 0.05) is 6.04 Å². The van der Waals surface area contributed by atoms with Crippen LogP contribution in [0, 0.1) is 5.82 Å². The molecule has 7 heteroatoms. The molecule has 0 saturated carbocycles. The number of amides is 2. The maximum atomic E-state index is 13.1. The topological polar surface area (TPSA) is 78.4 Å². The first-order valence-electron chi connectivity index (χ1n) is 6.03. The first-order chi connectivity index (χ1) is 9.43. The van der Waals surface area contributed by atoms with Gasteiger partial charge in [0.05, 0.1) is 11.3 Å². The number of aromatic carboxylic acids is 1. The molecule has 0 aliphatic carbocycles. The Hall–Kier alpha value is -1.76. The number of halogens is 1. The summed E-state index contributed by atoms with van der Waals surface area (Å²) in [5, 5.41) is 14.0. The van der Waals surface area contributed by atoms with E-state index in [4.69, 9.17) is 5.11 Å². The fraction of sp³-hybridized carbons (Fsp3) is 0.385. The molecule has 0 aliphatic heterocycles. The predicted molar refractivity (Wildman–Crippen MR) is 78.0 cm³/mol. The van der Waals surface area contributed by atoms with Gasteiger partial charge in [-0.15, -0.1) is 0 Å². The number of carboxylic acids is 1. The van der Waals surface area contributed by atoms with Crippen molar-refractivity contribution in [3.63, 3.8) is 0 Å². The Kier molecular flexibility index (Phi) is 6.30. The van der Waals surface area contributed by atoms with Crippen molar-refractivity contribution in [3.05, 3.63) is 29.6 Å². The lowest BCUT2D eigenvalue weighted by Gasteiger charge is -2.15. The Labute approximate surface area is 120 Å². The van der Waals surface area contributed by atoms with Gasteiger partial charge in [-0.25, -0.2) is 14.0 Å². The Morgan fingerprint density at radius 1 is 1.45 bits per heavy atom. The quantitative estimate of drug-likeness (QED) is 0.755. The Balaban J connectivity index is 2.70. The fourth-order valence-corrected chi connectivity index (χ4v) is 2.14. The predicted octanol–water partition coefficient (Wildman–Crippen LogP) is 2.79. The molecule has 1 unspecified atom stereocenters. The fourth-order valence-electron chi connectivity index (χ4n) is 1.56. The highest BCUT2D eigenvalue weighted by Gasteiger charge is 2.14. The average molecular weight is 300 g/mol. The van der Waals surface area contributed by atoms with Crippen molar-refractivity contribution in [2.24, 2.45) is 0 Å². The molecule has 0 fully saturated rings. The van der Waals surface area contributed by atoms with Crippen LogP contribution in [0.3, 0.4) is 0 Å². The molecule has 5 nitrogen and oxygen atoms in total. The van der Waals surface area contributed by atoms with E-state index in [1.807, 2.05) is 13.2 Å². The molecule has 0 bridgehead atoms. The van der Waals surface area contributed by atoms with Crippen LogP contribution in [0.15, 0.2) is 18.2 Å². The van der Waals surface area contributed by atoms with E-state index >= 15 is 0 Å². The summed E-state index contributed by atoms with van der Waals surface area (Å²) in [7, 11) is 0. The molecule has 0 saturated heterocycles. The van der Waals surface area contributed by atoms with Crippen LogP contribution in [0.4, 0.5) is 14.9 Å². The summed E-state index contributed by atoms with van der Waals surface area (Å²) in [6, 6.07) is 2.53. The lowest BCUT2D eigenvalue weighted by Crippen LogP contribution is -2.36. The van der Waals surface area contributed by atoms with Crippen LogP contribution in [0.1, 0.15) is 23.7 Å². The highest BCUT2D eigenvalue weighted by molar-refractivity contribution is 7.98. The lowest BCUT2D eigenvalue weighted by atomic mass is 10.1. The molecular formula is C13H17FN2O3S. The van der Waals surface area contributed by atoms with Crippen LogP contribution in [0.2, 0.25) is 0 Å². The summed E-state index contributed by atoms with van der Waals surface area (Å²) in [5.74, 6) is -0.932. The second-order valence-electron chi connectivity index (χ2n) is 4.28. The van der Waals surface area contributed by atoms with Crippen molar-refractivity contribution >= 4 is 29.4 Å². The summed E-state index contributed by atoms with van der Waals surface area (Å²) < 4.78 is 13.1. The first-order valence-corrected chi connectivity index (χ1v) is 7.42. The van der Waals surface area contributed by atoms with E-state index in [1.165, 1.54) is 0 Å². The maximum Gasteiger partial charge on any atom is 0.337 e. The lowest BCUT2D eigenvalue weighted by molar-refractivity contribution is 0.0698. The molecule has 0 radical (unpaired) electrons.